The summed E-state index contributed by atoms with van der Waals surface area (Å²) < 4.78 is 5.78. The molecule has 0 aliphatic carbocycles. The number of carbonyl (C=O) groups excluding carboxylic acids is 1. The van der Waals surface area contributed by atoms with E-state index in [1.54, 1.807) is 6.08 Å². The minimum atomic E-state index is -0.362. The van der Waals surface area contributed by atoms with Gasteiger partial charge in [0.1, 0.15) is 0 Å². The number of rotatable bonds is 15. The van der Waals surface area contributed by atoms with E-state index in [2.05, 4.69) is 60.5 Å². The maximum Gasteiger partial charge on any atom is 0.246 e. The van der Waals surface area contributed by atoms with Crippen molar-refractivity contribution in [3.8, 4) is 0 Å². The first-order valence-electron chi connectivity index (χ1n) is 13.8. The van der Waals surface area contributed by atoms with E-state index in [-0.39, 0.29) is 30.1 Å². The Morgan fingerprint density at radius 2 is 1.62 bits per heavy atom. The van der Waals surface area contributed by atoms with Crippen LogP contribution >= 0.6 is 0 Å². The van der Waals surface area contributed by atoms with Crippen LogP contribution in [0.15, 0.2) is 84.9 Å². The third-order valence-corrected chi connectivity index (χ3v) is 7.07. The number of hydrogen-bond acceptors (Lipinski definition) is 5. The first-order chi connectivity index (χ1) is 18.7. The largest absolute Gasteiger partial charge is 0.394 e. The van der Waals surface area contributed by atoms with Gasteiger partial charge in [0.15, 0.2) is 0 Å². The molecule has 0 saturated carbocycles. The van der Waals surface area contributed by atoms with Crippen LogP contribution in [0.4, 0.5) is 0 Å². The van der Waals surface area contributed by atoms with Crippen LogP contribution in [0.1, 0.15) is 31.4 Å². The Bertz CT molecular complexity index is 1190. The summed E-state index contributed by atoms with van der Waals surface area (Å²) in [4.78, 5) is 17.4. The molecule has 3 N–H and O–H groups in total. The van der Waals surface area contributed by atoms with Gasteiger partial charge in [-0.25, -0.2) is 0 Å². The van der Waals surface area contributed by atoms with Crippen molar-refractivity contribution in [1.82, 2.24) is 9.80 Å². The molecule has 0 fully saturated rings. The van der Waals surface area contributed by atoms with Crippen molar-refractivity contribution in [2.24, 2.45) is 5.73 Å². The van der Waals surface area contributed by atoms with Crippen LogP contribution < -0.4 is 5.73 Å². The average molecular weight is 532 g/mol. The Kier molecular flexibility index (Phi) is 11.7. The van der Waals surface area contributed by atoms with Crippen molar-refractivity contribution in [3.63, 3.8) is 0 Å². The Hall–Kier alpha value is -3.03. The SMILES string of the molecule is CN(C[C@@H](Cc1ccc2ccccc2c1)N(C)C(=O)/C=C/CC(C)(C)N)[C@@H](COCCO)Cc1ccccc1. The highest BCUT2D eigenvalue weighted by atomic mass is 16.5. The van der Waals surface area contributed by atoms with Crippen LogP contribution in [0.3, 0.4) is 0 Å². The van der Waals surface area contributed by atoms with Gasteiger partial charge in [-0.15, -0.1) is 0 Å². The van der Waals surface area contributed by atoms with Gasteiger partial charge in [0, 0.05) is 31.2 Å². The first kappa shape index (κ1) is 30.5. The number of likely N-dealkylation sites (N-methyl/N-ethyl adjacent to an activating group) is 2. The summed E-state index contributed by atoms with van der Waals surface area (Å²) in [5.41, 5.74) is 8.16. The Balaban J connectivity index is 1.82. The Labute approximate surface area is 234 Å². The highest BCUT2D eigenvalue weighted by Crippen LogP contribution is 2.19. The summed E-state index contributed by atoms with van der Waals surface area (Å²) in [6.07, 6.45) is 5.69. The van der Waals surface area contributed by atoms with Gasteiger partial charge in [-0.1, -0.05) is 78.9 Å². The minimum Gasteiger partial charge on any atom is -0.394 e. The van der Waals surface area contributed by atoms with Crippen LogP contribution in [-0.2, 0) is 22.4 Å². The molecular formula is C33H45N3O3. The van der Waals surface area contributed by atoms with E-state index in [1.807, 2.05) is 56.1 Å². The lowest BCUT2D eigenvalue weighted by atomic mass is 9.99. The van der Waals surface area contributed by atoms with E-state index in [9.17, 15) is 9.90 Å². The standard InChI is InChI=1S/C33H45N3O3/c1-33(2,34)18-10-15-32(38)36(4)30(23-27-16-17-28-13-8-9-14-29(28)21-27)24-35(3)31(25-39-20-19-37)22-26-11-6-5-7-12-26/h5-17,21,30-31,37H,18-20,22-25,34H2,1-4H3/b15-10+/t30-,31-/m1/s1. The van der Waals surface area contributed by atoms with Gasteiger partial charge in [-0.2, -0.15) is 0 Å². The Morgan fingerprint density at radius 3 is 2.31 bits per heavy atom. The number of aliphatic hydroxyl groups excluding tert-OH is 1. The second-order valence-electron chi connectivity index (χ2n) is 11.2. The van der Waals surface area contributed by atoms with Gasteiger partial charge in [-0.3, -0.25) is 9.69 Å². The zero-order valence-corrected chi connectivity index (χ0v) is 23.9. The maximum atomic E-state index is 13.3. The number of hydrogen-bond donors (Lipinski definition) is 2. The molecule has 3 aromatic carbocycles. The van der Waals surface area contributed by atoms with E-state index < -0.39 is 0 Å². The van der Waals surface area contributed by atoms with E-state index in [0.29, 0.717) is 26.2 Å². The quantitative estimate of drug-likeness (QED) is 0.224. The van der Waals surface area contributed by atoms with Crippen LogP contribution in [0.25, 0.3) is 10.8 Å². The molecule has 6 heteroatoms. The molecule has 1 amide bonds. The first-order valence-corrected chi connectivity index (χ1v) is 13.8. The molecule has 0 radical (unpaired) electrons. The Morgan fingerprint density at radius 1 is 0.949 bits per heavy atom. The normalized spacial score (nSPS) is 13.7. The molecular weight excluding hydrogens is 486 g/mol. The molecule has 0 aliphatic heterocycles. The van der Waals surface area contributed by atoms with E-state index in [0.717, 1.165) is 12.8 Å². The fourth-order valence-electron chi connectivity index (χ4n) is 4.72. The highest BCUT2D eigenvalue weighted by molar-refractivity contribution is 5.87. The van der Waals surface area contributed by atoms with E-state index in [4.69, 9.17) is 10.5 Å². The van der Waals surface area contributed by atoms with Gasteiger partial charge in [-0.05, 0) is 68.1 Å². The molecule has 3 aromatic rings. The lowest BCUT2D eigenvalue weighted by Crippen LogP contribution is -2.49. The molecule has 0 aromatic heterocycles. The third-order valence-electron chi connectivity index (χ3n) is 7.07. The molecule has 39 heavy (non-hydrogen) atoms. The molecule has 3 rings (SSSR count). The van der Waals surface area contributed by atoms with Gasteiger partial charge in [0.2, 0.25) is 5.91 Å². The highest BCUT2D eigenvalue weighted by Gasteiger charge is 2.25. The van der Waals surface area contributed by atoms with Gasteiger partial charge < -0.3 is 20.5 Å². The van der Waals surface area contributed by atoms with E-state index in [1.165, 1.54) is 21.9 Å². The van der Waals surface area contributed by atoms with Gasteiger partial charge in [0.05, 0.1) is 19.8 Å². The second kappa shape index (κ2) is 14.9. The fraction of sp³-hybridized carbons (Fsp3) is 0.424. The van der Waals surface area contributed by atoms with Crippen molar-refractivity contribution in [3.05, 3.63) is 96.1 Å². The third kappa shape index (κ3) is 10.2. The summed E-state index contributed by atoms with van der Waals surface area (Å²) in [5, 5.41) is 11.6. The minimum absolute atomic E-state index is 0.00442. The summed E-state index contributed by atoms with van der Waals surface area (Å²) in [5.74, 6) is -0.0328. The number of benzene rings is 3. The van der Waals surface area contributed by atoms with Crippen molar-refractivity contribution in [2.75, 3.05) is 40.5 Å². The lowest BCUT2D eigenvalue weighted by molar-refractivity contribution is -0.127. The molecule has 0 bridgehead atoms. The number of ether oxygens (including phenoxy) is 1. The van der Waals surface area contributed by atoms with Crippen molar-refractivity contribution < 1.29 is 14.6 Å². The maximum absolute atomic E-state index is 13.3. The predicted octanol–water partition coefficient (Wildman–Crippen LogP) is 4.44. The van der Waals surface area contributed by atoms with Crippen molar-refractivity contribution in [1.29, 1.82) is 0 Å². The second-order valence-corrected chi connectivity index (χ2v) is 11.2. The summed E-state index contributed by atoms with van der Waals surface area (Å²) in [6.45, 7) is 5.38. The van der Waals surface area contributed by atoms with Crippen LogP contribution in [0.5, 0.6) is 0 Å². The van der Waals surface area contributed by atoms with Crippen molar-refractivity contribution >= 4 is 16.7 Å². The van der Waals surface area contributed by atoms with Crippen LogP contribution in [0.2, 0.25) is 0 Å². The molecule has 0 spiro atoms. The molecule has 0 aliphatic rings. The molecule has 2 atom stereocenters. The van der Waals surface area contributed by atoms with Crippen LogP contribution in [0, 0.1) is 0 Å². The molecule has 6 nitrogen and oxygen atoms in total. The van der Waals surface area contributed by atoms with Crippen LogP contribution in [-0.4, -0.2) is 78.9 Å². The number of aliphatic hydroxyl groups is 1. The molecule has 210 valence electrons. The monoisotopic (exact) mass is 531 g/mol. The summed E-state index contributed by atoms with van der Waals surface area (Å²) in [6, 6.07) is 25.3. The van der Waals surface area contributed by atoms with Gasteiger partial charge in [0.25, 0.3) is 0 Å². The van der Waals surface area contributed by atoms with E-state index >= 15 is 0 Å². The zero-order chi connectivity index (χ0) is 28.3. The number of nitrogens with two attached hydrogens (primary N) is 1. The number of nitrogens with zero attached hydrogens (tertiary/aromatic N) is 2. The van der Waals surface area contributed by atoms with Crippen molar-refractivity contribution in [2.45, 2.75) is 50.7 Å². The average Bonchev–Trinajstić information content (AvgIpc) is 2.91. The number of fused-ring (bicyclic) bond motifs is 1. The molecule has 0 heterocycles. The molecule has 0 unspecified atom stereocenters. The molecule has 0 saturated heterocycles. The lowest BCUT2D eigenvalue weighted by Gasteiger charge is -2.35. The smallest absolute Gasteiger partial charge is 0.246 e. The fourth-order valence-corrected chi connectivity index (χ4v) is 4.72. The predicted molar refractivity (Wildman–Crippen MR) is 161 cm³/mol. The summed E-state index contributed by atoms with van der Waals surface area (Å²) in [7, 11) is 3.97. The zero-order valence-electron chi connectivity index (χ0n) is 23.9. The summed E-state index contributed by atoms with van der Waals surface area (Å²) >= 11 is 0. The number of amides is 1. The number of carbonyl (C=O) groups is 1. The van der Waals surface area contributed by atoms with Gasteiger partial charge >= 0.3 is 0 Å². The topological polar surface area (TPSA) is 79.0 Å².